The highest BCUT2D eigenvalue weighted by molar-refractivity contribution is 9.11. The van der Waals surface area contributed by atoms with Crippen LogP contribution in [-0.4, -0.2) is 20.3 Å². The third kappa shape index (κ3) is 4.55. The van der Waals surface area contributed by atoms with Gasteiger partial charge >= 0.3 is 0 Å². The number of alkyl halides is 1. The zero-order chi connectivity index (χ0) is 15.2. The second-order valence-electron chi connectivity index (χ2n) is 4.42. The molecule has 5 heteroatoms. The van der Waals surface area contributed by atoms with E-state index in [-0.39, 0.29) is 4.83 Å². The molecule has 0 saturated carbocycles. The van der Waals surface area contributed by atoms with Crippen LogP contribution in [-0.2, 0) is 4.74 Å². The molecule has 1 atom stereocenters. The molecule has 0 aliphatic heterocycles. The Morgan fingerprint density at radius 1 is 1.00 bits per heavy atom. The Balaban J connectivity index is 2.18. The van der Waals surface area contributed by atoms with Crippen LogP contribution in [0.2, 0.25) is 0 Å². The topological polar surface area (TPSA) is 18.5 Å². The Hall–Kier alpha value is -0.360. The van der Waals surface area contributed by atoms with Crippen LogP contribution in [0.3, 0.4) is 0 Å². The first-order chi connectivity index (χ1) is 10.1. The minimum Gasteiger partial charge on any atom is -0.490 e. The number of rotatable bonds is 6. The van der Waals surface area contributed by atoms with E-state index in [4.69, 9.17) is 9.47 Å². The molecule has 0 heterocycles. The summed E-state index contributed by atoms with van der Waals surface area (Å²) in [4.78, 5) is 0.123. The van der Waals surface area contributed by atoms with Crippen molar-refractivity contribution in [2.75, 3.05) is 20.3 Å². The summed E-state index contributed by atoms with van der Waals surface area (Å²) in [6.07, 6.45) is 0. The van der Waals surface area contributed by atoms with Gasteiger partial charge in [-0.15, -0.1) is 0 Å². The van der Waals surface area contributed by atoms with Crippen molar-refractivity contribution in [1.29, 1.82) is 0 Å². The predicted octanol–water partition coefficient (Wildman–Crippen LogP) is 5.72. The van der Waals surface area contributed by atoms with Gasteiger partial charge in [0.2, 0.25) is 0 Å². The first-order valence-electron chi connectivity index (χ1n) is 6.43. The third-order valence-corrected chi connectivity index (χ3v) is 5.34. The Kier molecular flexibility index (Phi) is 6.74. The van der Waals surface area contributed by atoms with E-state index in [1.54, 1.807) is 7.11 Å². The Labute approximate surface area is 150 Å². The number of methoxy groups -OCH3 is 1. The van der Waals surface area contributed by atoms with Crippen LogP contribution in [0, 0.1) is 0 Å². The van der Waals surface area contributed by atoms with Crippen molar-refractivity contribution in [2.24, 2.45) is 0 Å². The van der Waals surface area contributed by atoms with Gasteiger partial charge in [-0.2, -0.15) is 0 Å². The fourth-order valence-corrected chi connectivity index (χ4v) is 3.90. The van der Waals surface area contributed by atoms with Gasteiger partial charge < -0.3 is 9.47 Å². The third-order valence-electron chi connectivity index (χ3n) is 2.97. The molecule has 2 nitrogen and oxygen atoms in total. The van der Waals surface area contributed by atoms with Crippen molar-refractivity contribution in [3.8, 4) is 5.75 Å². The van der Waals surface area contributed by atoms with Crippen LogP contribution in [0.25, 0.3) is 0 Å². The van der Waals surface area contributed by atoms with Crippen LogP contribution in [0.4, 0.5) is 0 Å². The SMILES string of the molecule is COCCOc1ccc(C(Br)c2ccccc2Br)cc1Br. The summed E-state index contributed by atoms with van der Waals surface area (Å²) in [6, 6.07) is 14.3. The van der Waals surface area contributed by atoms with Crippen LogP contribution in [0.15, 0.2) is 51.4 Å². The van der Waals surface area contributed by atoms with E-state index in [1.165, 1.54) is 5.56 Å². The lowest BCUT2D eigenvalue weighted by molar-refractivity contribution is 0.146. The predicted molar refractivity (Wildman–Crippen MR) is 96.4 cm³/mol. The number of ether oxygens (including phenoxy) is 2. The quantitative estimate of drug-likeness (QED) is 0.390. The lowest BCUT2D eigenvalue weighted by Crippen LogP contribution is -2.05. The van der Waals surface area contributed by atoms with Gasteiger partial charge in [0.25, 0.3) is 0 Å². The molecule has 2 aromatic rings. The highest BCUT2D eigenvalue weighted by Gasteiger charge is 2.14. The van der Waals surface area contributed by atoms with Crippen LogP contribution < -0.4 is 4.74 Å². The number of halogens is 3. The summed E-state index contributed by atoms with van der Waals surface area (Å²) >= 11 is 10.9. The van der Waals surface area contributed by atoms with E-state index < -0.39 is 0 Å². The second kappa shape index (κ2) is 8.32. The molecule has 21 heavy (non-hydrogen) atoms. The van der Waals surface area contributed by atoms with Crippen molar-refractivity contribution in [2.45, 2.75) is 4.83 Å². The maximum Gasteiger partial charge on any atom is 0.133 e. The molecule has 2 rings (SSSR count). The van der Waals surface area contributed by atoms with E-state index in [9.17, 15) is 0 Å². The fourth-order valence-electron chi connectivity index (χ4n) is 1.89. The average Bonchev–Trinajstić information content (AvgIpc) is 2.49. The summed E-state index contributed by atoms with van der Waals surface area (Å²) in [5, 5.41) is 0. The summed E-state index contributed by atoms with van der Waals surface area (Å²) in [5.41, 5.74) is 2.35. The molecule has 0 radical (unpaired) electrons. The Morgan fingerprint density at radius 2 is 1.76 bits per heavy atom. The van der Waals surface area contributed by atoms with Gasteiger partial charge in [0.05, 0.1) is 15.9 Å². The summed E-state index contributed by atoms with van der Waals surface area (Å²) in [7, 11) is 1.66. The first kappa shape index (κ1) is 17.0. The van der Waals surface area contributed by atoms with Gasteiger partial charge in [-0.3, -0.25) is 0 Å². The zero-order valence-corrected chi connectivity index (χ0v) is 16.2. The van der Waals surface area contributed by atoms with E-state index >= 15 is 0 Å². The molecule has 0 spiro atoms. The van der Waals surface area contributed by atoms with Crippen LogP contribution in [0.1, 0.15) is 16.0 Å². The summed E-state index contributed by atoms with van der Waals surface area (Å²) < 4.78 is 12.7. The molecular formula is C16H15Br3O2. The fraction of sp³-hybridized carbons (Fsp3) is 0.250. The molecule has 0 aliphatic rings. The standard InChI is InChI=1S/C16H15Br3O2/c1-20-8-9-21-15-7-6-11(10-14(15)18)16(19)12-4-2-3-5-13(12)17/h2-7,10,16H,8-9H2,1H3. The Bertz CT molecular complexity index is 602. The maximum absolute atomic E-state index is 5.64. The largest absolute Gasteiger partial charge is 0.490 e. The highest BCUT2D eigenvalue weighted by Crippen LogP contribution is 2.38. The summed E-state index contributed by atoms with van der Waals surface area (Å²) in [5.74, 6) is 0.822. The van der Waals surface area contributed by atoms with Gasteiger partial charge in [-0.25, -0.2) is 0 Å². The normalized spacial score (nSPS) is 12.2. The molecule has 0 bridgehead atoms. The zero-order valence-electron chi connectivity index (χ0n) is 11.5. The first-order valence-corrected chi connectivity index (χ1v) is 8.93. The minimum absolute atomic E-state index is 0.123. The van der Waals surface area contributed by atoms with Crippen LogP contribution in [0.5, 0.6) is 5.75 Å². The monoisotopic (exact) mass is 476 g/mol. The van der Waals surface area contributed by atoms with E-state index in [0.29, 0.717) is 13.2 Å². The number of hydrogen-bond acceptors (Lipinski definition) is 2. The van der Waals surface area contributed by atoms with E-state index in [1.807, 2.05) is 24.3 Å². The van der Waals surface area contributed by atoms with Crippen molar-refractivity contribution in [1.82, 2.24) is 0 Å². The maximum atomic E-state index is 5.64. The Morgan fingerprint density at radius 3 is 2.43 bits per heavy atom. The smallest absolute Gasteiger partial charge is 0.133 e. The molecule has 2 aromatic carbocycles. The molecule has 0 fully saturated rings. The van der Waals surface area contributed by atoms with Crippen molar-refractivity contribution in [3.05, 3.63) is 62.5 Å². The van der Waals surface area contributed by atoms with E-state index in [2.05, 4.69) is 66.0 Å². The van der Waals surface area contributed by atoms with Gasteiger partial charge in [-0.05, 0) is 45.3 Å². The number of benzene rings is 2. The van der Waals surface area contributed by atoms with Gasteiger partial charge in [0.15, 0.2) is 0 Å². The van der Waals surface area contributed by atoms with Crippen molar-refractivity contribution >= 4 is 47.8 Å². The molecule has 1 unspecified atom stereocenters. The molecule has 0 aliphatic carbocycles. The summed E-state index contributed by atoms with van der Waals surface area (Å²) in [6.45, 7) is 1.11. The van der Waals surface area contributed by atoms with Gasteiger partial charge in [-0.1, -0.05) is 56.1 Å². The number of hydrogen-bond donors (Lipinski definition) is 0. The van der Waals surface area contributed by atoms with Crippen LogP contribution >= 0.6 is 47.8 Å². The molecule has 112 valence electrons. The highest BCUT2D eigenvalue weighted by atomic mass is 79.9. The molecular weight excluding hydrogens is 464 g/mol. The average molecular weight is 479 g/mol. The molecule has 0 saturated heterocycles. The minimum atomic E-state index is 0.123. The lowest BCUT2D eigenvalue weighted by Gasteiger charge is -2.15. The van der Waals surface area contributed by atoms with Crippen molar-refractivity contribution in [3.63, 3.8) is 0 Å². The van der Waals surface area contributed by atoms with E-state index in [0.717, 1.165) is 20.3 Å². The molecule has 0 amide bonds. The molecule has 0 N–H and O–H groups in total. The van der Waals surface area contributed by atoms with Crippen molar-refractivity contribution < 1.29 is 9.47 Å². The lowest BCUT2D eigenvalue weighted by atomic mass is 10.0. The molecule has 0 aromatic heterocycles. The van der Waals surface area contributed by atoms with Gasteiger partial charge in [0.1, 0.15) is 12.4 Å². The second-order valence-corrected chi connectivity index (χ2v) is 7.04. The van der Waals surface area contributed by atoms with Gasteiger partial charge in [0, 0.05) is 11.6 Å².